The Labute approximate surface area is 85.7 Å². The van der Waals surface area contributed by atoms with Gasteiger partial charge in [-0.25, -0.2) is 0 Å². The Morgan fingerprint density at radius 2 is 2.07 bits per heavy atom. The van der Waals surface area contributed by atoms with Crippen LogP contribution >= 0.6 is 0 Å². The molecule has 0 saturated heterocycles. The number of carbonyl (C=O) groups is 1. The molecule has 2 rings (SSSR count). The van der Waals surface area contributed by atoms with Gasteiger partial charge in [0.25, 0.3) is 0 Å². The van der Waals surface area contributed by atoms with Gasteiger partial charge in [0.15, 0.2) is 0 Å². The van der Waals surface area contributed by atoms with Gasteiger partial charge in [-0.2, -0.15) is 0 Å². The molecule has 2 fully saturated rings. The van der Waals surface area contributed by atoms with Gasteiger partial charge >= 0.3 is 0 Å². The third-order valence-electron chi connectivity index (χ3n) is 4.39. The first-order valence-electron chi connectivity index (χ1n) is 5.83. The highest BCUT2D eigenvalue weighted by molar-refractivity contribution is 5.79. The third-order valence-corrected chi connectivity index (χ3v) is 4.39. The highest BCUT2D eigenvalue weighted by Crippen LogP contribution is 2.47. The molecule has 1 N–H and O–H groups in total. The normalized spacial score (nSPS) is 44.3. The second kappa shape index (κ2) is 3.65. The molecule has 3 unspecified atom stereocenters. The molecular formula is C12H20O2. The Hall–Kier alpha value is -0.370. The maximum absolute atomic E-state index is 11.4. The third kappa shape index (κ3) is 1.60. The van der Waals surface area contributed by atoms with Crippen LogP contribution in [0.3, 0.4) is 0 Å². The van der Waals surface area contributed by atoms with Crippen molar-refractivity contribution in [2.24, 2.45) is 11.3 Å². The first-order valence-corrected chi connectivity index (χ1v) is 5.83. The highest BCUT2D eigenvalue weighted by atomic mass is 16.3. The minimum atomic E-state index is -0.178. The fourth-order valence-corrected chi connectivity index (χ4v) is 3.15. The zero-order valence-electron chi connectivity index (χ0n) is 8.96. The van der Waals surface area contributed by atoms with Crippen molar-refractivity contribution in [1.82, 2.24) is 0 Å². The van der Waals surface area contributed by atoms with Crippen molar-refractivity contribution < 1.29 is 9.90 Å². The lowest BCUT2D eigenvalue weighted by Gasteiger charge is -2.43. The number of rotatable bonds is 0. The summed E-state index contributed by atoms with van der Waals surface area (Å²) in [4.78, 5) is 11.4. The van der Waals surface area contributed by atoms with Crippen LogP contribution < -0.4 is 0 Å². The van der Waals surface area contributed by atoms with Crippen LogP contribution in [0, 0.1) is 11.3 Å². The fraction of sp³-hybridized carbons (Fsp3) is 0.917. The van der Waals surface area contributed by atoms with Crippen molar-refractivity contribution in [2.45, 2.75) is 58.0 Å². The van der Waals surface area contributed by atoms with Crippen molar-refractivity contribution in [1.29, 1.82) is 0 Å². The predicted octanol–water partition coefficient (Wildman–Crippen LogP) is 2.30. The lowest BCUT2D eigenvalue weighted by atomic mass is 9.63. The Kier molecular flexibility index (Phi) is 2.65. The number of carbonyl (C=O) groups excluding carboxylic acids is 1. The van der Waals surface area contributed by atoms with Crippen LogP contribution in [0.4, 0.5) is 0 Å². The summed E-state index contributed by atoms with van der Waals surface area (Å²) >= 11 is 0. The van der Waals surface area contributed by atoms with E-state index in [0.29, 0.717) is 24.5 Å². The van der Waals surface area contributed by atoms with Gasteiger partial charge in [-0.3, -0.25) is 4.79 Å². The maximum atomic E-state index is 11.4. The van der Waals surface area contributed by atoms with E-state index in [1.807, 2.05) is 0 Å². The zero-order valence-corrected chi connectivity index (χ0v) is 8.96. The van der Waals surface area contributed by atoms with Gasteiger partial charge in [0.05, 0.1) is 6.10 Å². The molecule has 2 heteroatoms. The molecule has 3 atom stereocenters. The number of aliphatic hydroxyl groups is 1. The summed E-state index contributed by atoms with van der Waals surface area (Å²) in [7, 11) is 0. The molecule has 2 aliphatic carbocycles. The van der Waals surface area contributed by atoms with Crippen LogP contribution in [0.15, 0.2) is 0 Å². The summed E-state index contributed by atoms with van der Waals surface area (Å²) < 4.78 is 0. The van der Waals surface area contributed by atoms with Crippen molar-refractivity contribution in [3.8, 4) is 0 Å². The maximum Gasteiger partial charge on any atom is 0.133 e. The molecule has 0 aromatic carbocycles. The molecule has 0 aromatic heterocycles. The standard InChI is InChI=1S/C12H20O2/c1-12-7-6-10(13)8-9(12)4-2-3-5-11(12)14/h9,11,14H,2-8H2,1H3. The average molecular weight is 196 g/mol. The molecule has 0 spiro atoms. The summed E-state index contributed by atoms with van der Waals surface area (Å²) in [6.45, 7) is 2.18. The minimum absolute atomic E-state index is 0.0322. The number of Topliss-reactive ketones (excluding diaryl/α,β-unsaturated/α-hetero) is 1. The molecule has 0 aliphatic heterocycles. The second-order valence-electron chi connectivity index (χ2n) is 5.25. The molecule has 0 heterocycles. The van der Waals surface area contributed by atoms with Crippen LogP contribution in [0.1, 0.15) is 51.9 Å². The first kappa shape index (κ1) is 10.2. The van der Waals surface area contributed by atoms with E-state index < -0.39 is 0 Å². The van der Waals surface area contributed by atoms with E-state index in [1.165, 1.54) is 6.42 Å². The van der Waals surface area contributed by atoms with Gasteiger partial charge in [0.2, 0.25) is 0 Å². The molecular weight excluding hydrogens is 176 g/mol. The second-order valence-corrected chi connectivity index (χ2v) is 5.25. The minimum Gasteiger partial charge on any atom is -0.393 e. The van der Waals surface area contributed by atoms with Crippen molar-refractivity contribution >= 4 is 5.78 Å². The van der Waals surface area contributed by atoms with Crippen molar-refractivity contribution in [2.75, 3.05) is 0 Å². The smallest absolute Gasteiger partial charge is 0.133 e. The van der Waals surface area contributed by atoms with Crippen molar-refractivity contribution in [3.05, 3.63) is 0 Å². The molecule has 2 nitrogen and oxygen atoms in total. The highest BCUT2D eigenvalue weighted by Gasteiger charge is 2.44. The number of aliphatic hydroxyl groups excluding tert-OH is 1. The van der Waals surface area contributed by atoms with Gasteiger partial charge in [0, 0.05) is 12.8 Å². The quantitative estimate of drug-likeness (QED) is 0.645. The summed E-state index contributed by atoms with van der Waals surface area (Å²) in [5.74, 6) is 0.850. The average Bonchev–Trinajstić information content (AvgIpc) is 2.29. The Morgan fingerprint density at radius 1 is 1.36 bits per heavy atom. The topological polar surface area (TPSA) is 37.3 Å². The van der Waals surface area contributed by atoms with Gasteiger partial charge in [-0.1, -0.05) is 19.8 Å². The van der Waals surface area contributed by atoms with Gasteiger partial charge in [-0.05, 0) is 30.6 Å². The van der Waals surface area contributed by atoms with Gasteiger partial charge in [-0.15, -0.1) is 0 Å². The largest absolute Gasteiger partial charge is 0.393 e. The molecule has 2 saturated carbocycles. The van der Waals surface area contributed by atoms with Crippen LogP contribution in [-0.2, 0) is 4.79 Å². The number of hydrogen-bond donors (Lipinski definition) is 1. The lowest BCUT2D eigenvalue weighted by Crippen LogP contribution is -2.42. The molecule has 14 heavy (non-hydrogen) atoms. The van der Waals surface area contributed by atoms with E-state index in [2.05, 4.69) is 6.92 Å². The SMILES string of the molecule is CC12CCC(=O)CC1CCCCC2O. The van der Waals surface area contributed by atoms with Crippen LogP contribution in [0.25, 0.3) is 0 Å². The van der Waals surface area contributed by atoms with Crippen LogP contribution in [-0.4, -0.2) is 17.0 Å². The molecule has 0 amide bonds. The first-order chi connectivity index (χ1) is 6.63. The number of fused-ring (bicyclic) bond motifs is 1. The fourth-order valence-electron chi connectivity index (χ4n) is 3.15. The number of ketones is 1. The summed E-state index contributed by atoms with van der Waals surface area (Å²) in [6, 6.07) is 0. The molecule has 0 bridgehead atoms. The lowest BCUT2D eigenvalue weighted by molar-refractivity contribution is -0.128. The molecule has 0 radical (unpaired) electrons. The van der Waals surface area contributed by atoms with E-state index >= 15 is 0 Å². The van der Waals surface area contributed by atoms with E-state index in [4.69, 9.17) is 0 Å². The van der Waals surface area contributed by atoms with Crippen LogP contribution in [0.2, 0.25) is 0 Å². The Bertz CT molecular complexity index is 236. The Balaban J connectivity index is 2.19. The van der Waals surface area contributed by atoms with E-state index in [-0.39, 0.29) is 11.5 Å². The van der Waals surface area contributed by atoms with E-state index in [0.717, 1.165) is 25.7 Å². The zero-order chi connectivity index (χ0) is 10.2. The predicted molar refractivity (Wildman–Crippen MR) is 54.9 cm³/mol. The van der Waals surface area contributed by atoms with Crippen molar-refractivity contribution in [3.63, 3.8) is 0 Å². The molecule has 2 aliphatic rings. The summed E-state index contributed by atoms with van der Waals surface area (Å²) in [5, 5.41) is 10.1. The Morgan fingerprint density at radius 3 is 2.86 bits per heavy atom. The van der Waals surface area contributed by atoms with Crippen LogP contribution in [0.5, 0.6) is 0 Å². The number of hydrogen-bond acceptors (Lipinski definition) is 2. The summed E-state index contributed by atoms with van der Waals surface area (Å²) in [5.41, 5.74) is 0.0322. The van der Waals surface area contributed by atoms with Gasteiger partial charge in [0.1, 0.15) is 5.78 Å². The van der Waals surface area contributed by atoms with E-state index in [9.17, 15) is 9.90 Å². The van der Waals surface area contributed by atoms with E-state index in [1.54, 1.807) is 0 Å². The molecule has 80 valence electrons. The molecule has 0 aromatic rings. The van der Waals surface area contributed by atoms with Gasteiger partial charge < -0.3 is 5.11 Å². The summed E-state index contributed by atoms with van der Waals surface area (Å²) in [6.07, 6.45) is 6.50. The monoisotopic (exact) mass is 196 g/mol.